The lowest BCUT2D eigenvalue weighted by Gasteiger charge is -2.67. The van der Waals surface area contributed by atoms with Crippen LogP contribution >= 0.6 is 69.6 Å². The highest BCUT2D eigenvalue weighted by Crippen LogP contribution is 2.65. The van der Waals surface area contributed by atoms with E-state index in [4.69, 9.17) is 104 Å². The average Bonchev–Trinajstić information content (AvgIpc) is 3.20. The Balaban J connectivity index is 1.64. The van der Waals surface area contributed by atoms with Crippen molar-refractivity contribution in [1.29, 1.82) is 0 Å². The number of esters is 5. The first kappa shape index (κ1) is 51.2. The number of benzene rings is 2. The fourth-order valence-electron chi connectivity index (χ4n) is 9.92. The summed E-state index contributed by atoms with van der Waals surface area (Å²) in [5, 5.41) is 25.1. The van der Waals surface area contributed by atoms with Gasteiger partial charge in [0, 0.05) is 25.2 Å². The summed E-state index contributed by atoms with van der Waals surface area (Å²) in [5.74, 6) is -8.25. The minimum absolute atomic E-state index is 0.00401. The van der Waals surface area contributed by atoms with E-state index in [0.29, 0.717) is 5.56 Å². The number of aliphatic hydroxyl groups is 2. The molecule has 2 bridgehead atoms. The summed E-state index contributed by atoms with van der Waals surface area (Å²) in [4.78, 5) is 85.2. The van der Waals surface area contributed by atoms with Crippen molar-refractivity contribution in [1.82, 2.24) is 0 Å². The van der Waals surface area contributed by atoms with Crippen molar-refractivity contribution < 1.29 is 67.4 Å². The molecule has 2 aromatic rings. The summed E-state index contributed by atoms with van der Waals surface area (Å²) in [5.41, 5.74) is -2.01. The fourth-order valence-corrected chi connectivity index (χ4v) is 10.6. The van der Waals surface area contributed by atoms with Crippen molar-refractivity contribution in [3.63, 3.8) is 0 Å². The van der Waals surface area contributed by atoms with Crippen LogP contribution in [0.3, 0.4) is 0 Å². The van der Waals surface area contributed by atoms with Crippen molar-refractivity contribution in [2.24, 2.45) is 22.5 Å². The minimum Gasteiger partial charge on any atom is -0.461 e. The molecule has 0 unspecified atom stereocenters. The second-order valence-electron chi connectivity index (χ2n) is 17.5. The molecule has 3 aliphatic carbocycles. The lowest BCUT2D eigenvalue weighted by molar-refractivity contribution is -0.346. The number of ketones is 1. The molecule has 0 radical (unpaired) electrons. The van der Waals surface area contributed by atoms with Gasteiger partial charge in [0.05, 0.1) is 42.4 Å². The molecule has 0 aromatic heterocycles. The molecule has 3 fully saturated rings. The highest BCUT2D eigenvalue weighted by atomic mass is 35.6. The number of fused-ring (bicyclic) bond motifs is 5. The van der Waals surface area contributed by atoms with E-state index in [1.165, 1.54) is 39.8 Å². The number of Topliss-reactive ketones (excluding diaryl/α,β-unsaturated/α-hetero) is 1. The van der Waals surface area contributed by atoms with Crippen LogP contribution in [0.1, 0.15) is 82.3 Å². The van der Waals surface area contributed by atoms with Gasteiger partial charge in [-0.05, 0) is 42.7 Å². The van der Waals surface area contributed by atoms with Gasteiger partial charge in [0.15, 0.2) is 23.6 Å². The average molecular weight is 1030 g/mol. The summed E-state index contributed by atoms with van der Waals surface area (Å²) < 4.78 is 32.1. The van der Waals surface area contributed by atoms with Crippen LogP contribution in [0.25, 0.3) is 0 Å². The number of rotatable bonds is 11. The number of aliphatic hydroxyl groups excluding tert-OH is 1. The zero-order chi connectivity index (χ0) is 48.2. The zero-order valence-corrected chi connectivity index (χ0v) is 40.1. The van der Waals surface area contributed by atoms with Crippen LogP contribution in [-0.2, 0) is 52.4 Å². The first-order valence-corrected chi connectivity index (χ1v) is 22.6. The molecule has 0 amide bonds. The Kier molecular flexibility index (Phi) is 14.7. The van der Waals surface area contributed by atoms with Crippen molar-refractivity contribution in [2.45, 2.75) is 122 Å². The van der Waals surface area contributed by atoms with E-state index in [-0.39, 0.29) is 23.1 Å². The molecule has 2 aromatic carbocycles. The topological polar surface area (TPSA) is 224 Å². The van der Waals surface area contributed by atoms with Gasteiger partial charge in [-0.25, -0.2) is 9.59 Å². The molecular weight excluding hydrogens is 979 g/mol. The second-order valence-corrected chi connectivity index (χ2v) is 22.5. The predicted molar refractivity (Wildman–Crippen MR) is 236 cm³/mol. The summed E-state index contributed by atoms with van der Waals surface area (Å²) in [6, 6.07) is 14.5. The molecule has 1 saturated heterocycles. The number of nitrogens with two attached hydrogens (primary N) is 1. The van der Waals surface area contributed by atoms with Gasteiger partial charge in [-0.3, -0.25) is 19.2 Å². The third kappa shape index (κ3) is 9.88. The largest absolute Gasteiger partial charge is 0.461 e. The Morgan fingerprint density at radius 2 is 1.42 bits per heavy atom. The van der Waals surface area contributed by atoms with E-state index in [0.717, 1.165) is 6.92 Å². The number of carbonyl (C=O) groups excluding carboxylic acids is 6. The van der Waals surface area contributed by atoms with Gasteiger partial charge in [-0.1, -0.05) is 132 Å². The first-order valence-electron chi connectivity index (χ1n) is 20.3. The maximum Gasteiger partial charge on any atom is 0.338 e. The lowest BCUT2D eigenvalue weighted by atomic mass is 9.44. The standard InChI is InChI=1S/C44H47Cl6NO14/c1-21-25(61-38(58)32(55)31(51)23-12-8-6-9-13-23)17-42(59)36(64-37(57)24-14-10-7-11-15-24)34-40(5,35(56)33(30(21)39(42,3)4)63-29(54)19-44(48,49)50)26(62-28(53)18-43(45,46)47)16-27-41(34,20-60-27)65-22(2)52/h6-15,25-27,31-34,36,55,59H,16-20,51H2,1-5H3/t25-,26-,27+,31-,32+,33+,34-,36-,40+,41-,42+/m0/s1. The third-order valence-corrected chi connectivity index (χ3v) is 13.9. The zero-order valence-electron chi connectivity index (χ0n) is 35.6. The van der Waals surface area contributed by atoms with Gasteiger partial charge in [0.1, 0.15) is 30.0 Å². The molecular formula is C44H47Cl6NO14. The van der Waals surface area contributed by atoms with Gasteiger partial charge in [0.2, 0.25) is 7.59 Å². The van der Waals surface area contributed by atoms with Crippen molar-refractivity contribution >= 4 is 105 Å². The summed E-state index contributed by atoms with van der Waals surface area (Å²) in [6.07, 6.45) is -13.1. The number of hydrogen-bond donors (Lipinski definition) is 3. The molecule has 4 aliphatic rings. The van der Waals surface area contributed by atoms with E-state index in [1.54, 1.807) is 48.5 Å². The monoisotopic (exact) mass is 1020 g/mol. The maximum absolute atomic E-state index is 16.1. The smallest absolute Gasteiger partial charge is 0.338 e. The molecule has 15 nitrogen and oxygen atoms in total. The highest BCUT2D eigenvalue weighted by Gasteiger charge is 2.79. The molecule has 0 spiro atoms. The highest BCUT2D eigenvalue weighted by molar-refractivity contribution is 6.68. The summed E-state index contributed by atoms with van der Waals surface area (Å²) in [7, 11) is 0. The molecule has 11 atom stereocenters. The van der Waals surface area contributed by atoms with Crippen molar-refractivity contribution in [2.75, 3.05) is 6.61 Å². The predicted octanol–water partition coefficient (Wildman–Crippen LogP) is 6.32. The maximum atomic E-state index is 16.1. The summed E-state index contributed by atoms with van der Waals surface area (Å²) >= 11 is 36.1. The van der Waals surface area contributed by atoms with Crippen LogP contribution in [0.4, 0.5) is 0 Å². The SMILES string of the molecule is CC(=O)O[C@@]12CO[C@@H]1C[C@H](OC(=O)CC(Cl)(Cl)Cl)[C@@]1(C)C(=O)[C@H](OC(=O)CC(Cl)(Cl)Cl)C3=C(C)[C@@H](OC(=O)[C@H](O)[C@@H](N)c4ccccc4)C[C@@](O)([C@@H](OC(=O)c4ccccc4)[C@H]21)C3(C)C. The summed E-state index contributed by atoms with van der Waals surface area (Å²) in [6.45, 7) is 6.38. The molecule has 1 heterocycles. The Morgan fingerprint density at radius 3 is 1.94 bits per heavy atom. The molecule has 1 aliphatic heterocycles. The van der Waals surface area contributed by atoms with Gasteiger partial charge in [-0.2, -0.15) is 0 Å². The Bertz CT molecular complexity index is 2230. The van der Waals surface area contributed by atoms with Crippen LogP contribution < -0.4 is 5.73 Å². The van der Waals surface area contributed by atoms with Crippen LogP contribution in [0, 0.1) is 16.7 Å². The van der Waals surface area contributed by atoms with E-state index in [2.05, 4.69) is 0 Å². The van der Waals surface area contributed by atoms with E-state index in [1.807, 2.05) is 0 Å². The fraction of sp³-hybridized carbons (Fsp3) is 0.545. The second kappa shape index (κ2) is 18.7. The van der Waals surface area contributed by atoms with Crippen LogP contribution in [-0.4, -0.2) is 108 Å². The quantitative estimate of drug-likeness (QED) is 0.0970. The lowest BCUT2D eigenvalue weighted by Crippen LogP contribution is -2.82. The van der Waals surface area contributed by atoms with Crippen LogP contribution in [0.2, 0.25) is 0 Å². The molecule has 65 heavy (non-hydrogen) atoms. The molecule has 6 rings (SSSR count). The first-order chi connectivity index (χ1) is 30.1. The number of carbonyl (C=O) groups is 6. The Hall–Kier alpha value is -3.22. The molecule has 2 saturated carbocycles. The number of hydrogen-bond acceptors (Lipinski definition) is 15. The number of halogens is 6. The van der Waals surface area contributed by atoms with E-state index < -0.39 is 140 Å². The van der Waals surface area contributed by atoms with Gasteiger partial charge >= 0.3 is 29.8 Å². The van der Waals surface area contributed by atoms with Crippen molar-refractivity contribution in [3.8, 4) is 0 Å². The Labute approximate surface area is 404 Å². The molecule has 354 valence electrons. The number of ether oxygens (including phenoxy) is 6. The molecule has 21 heteroatoms. The van der Waals surface area contributed by atoms with Gasteiger partial charge < -0.3 is 44.4 Å². The van der Waals surface area contributed by atoms with E-state index in [9.17, 15) is 34.2 Å². The minimum atomic E-state index is -2.53. The third-order valence-electron chi connectivity index (χ3n) is 13.1. The number of alkyl halides is 6. The van der Waals surface area contributed by atoms with Gasteiger partial charge in [0.25, 0.3) is 0 Å². The Morgan fingerprint density at radius 1 is 0.862 bits per heavy atom. The van der Waals surface area contributed by atoms with E-state index >= 15 is 4.79 Å². The van der Waals surface area contributed by atoms with Gasteiger partial charge in [-0.15, -0.1) is 0 Å². The normalized spacial score (nSPS) is 31.6. The van der Waals surface area contributed by atoms with Crippen molar-refractivity contribution in [3.05, 3.63) is 82.9 Å². The molecule has 4 N–H and O–H groups in total. The van der Waals surface area contributed by atoms with Crippen LogP contribution in [0.15, 0.2) is 71.8 Å². The van der Waals surface area contributed by atoms with Crippen LogP contribution in [0.5, 0.6) is 0 Å².